The van der Waals surface area contributed by atoms with E-state index >= 15 is 0 Å². The summed E-state index contributed by atoms with van der Waals surface area (Å²) in [6, 6.07) is 8.40. The minimum Gasteiger partial charge on any atom is -0.375 e. The van der Waals surface area contributed by atoms with Crippen molar-refractivity contribution in [1.29, 1.82) is 0 Å². The van der Waals surface area contributed by atoms with E-state index in [-0.39, 0.29) is 10.8 Å². The number of nitrogens with zero attached hydrogens (tertiary/aromatic N) is 4. The molecule has 2 heterocycles. The molecular weight excluding hydrogens is 447 g/mol. The van der Waals surface area contributed by atoms with Gasteiger partial charge in [0.1, 0.15) is 5.54 Å². The van der Waals surface area contributed by atoms with Gasteiger partial charge in [-0.25, -0.2) is 9.83 Å². The summed E-state index contributed by atoms with van der Waals surface area (Å²) in [6.45, 7) is 10.3. The monoisotopic (exact) mass is 461 g/mol. The van der Waals surface area contributed by atoms with Crippen LogP contribution in [-0.4, -0.2) is 21.5 Å². The Morgan fingerprint density at radius 1 is 1.19 bits per heavy atom. The van der Waals surface area contributed by atoms with Crippen LogP contribution >= 0.6 is 23.6 Å². The summed E-state index contributed by atoms with van der Waals surface area (Å²) in [7, 11) is 0. The number of fused-ring (bicyclic) bond motifs is 1. The molecule has 1 saturated heterocycles. The fourth-order valence-corrected chi connectivity index (χ4v) is 4.75. The number of amides is 1. The van der Waals surface area contributed by atoms with Gasteiger partial charge in [0.25, 0.3) is 5.91 Å². The summed E-state index contributed by atoms with van der Waals surface area (Å²) in [5, 5.41) is 0.425. The van der Waals surface area contributed by atoms with Crippen molar-refractivity contribution in [2.24, 2.45) is 0 Å². The van der Waals surface area contributed by atoms with Crippen molar-refractivity contribution in [2.45, 2.75) is 25.6 Å². The lowest BCUT2D eigenvalue weighted by molar-refractivity contribution is -0.136. The van der Waals surface area contributed by atoms with Crippen molar-refractivity contribution in [2.75, 3.05) is 15.5 Å². The molecular formula is C20H14F3N5OS2. The van der Waals surface area contributed by atoms with Crippen molar-refractivity contribution in [1.82, 2.24) is 4.98 Å². The second kappa shape index (κ2) is 6.90. The van der Waals surface area contributed by atoms with Crippen molar-refractivity contribution < 1.29 is 18.0 Å². The number of rotatable bonds is 2. The van der Waals surface area contributed by atoms with Crippen LogP contribution in [0.25, 0.3) is 15.1 Å². The summed E-state index contributed by atoms with van der Waals surface area (Å²) in [5.41, 5.74) is 4.08. The fourth-order valence-electron chi connectivity index (χ4n) is 3.52. The summed E-state index contributed by atoms with van der Waals surface area (Å²) in [4.78, 5) is 23.1. The number of thiazole rings is 1. The van der Waals surface area contributed by atoms with Gasteiger partial charge >= 0.3 is 6.18 Å². The topological polar surface area (TPSA) is 66.8 Å². The number of thiocarbonyl (C=S) groups is 1. The van der Waals surface area contributed by atoms with Gasteiger partial charge in [-0.05, 0) is 56.4 Å². The molecule has 1 aliphatic heterocycles. The molecule has 6 nitrogen and oxygen atoms in total. The average Bonchev–Trinajstić information content (AvgIpc) is 3.13. The Labute approximate surface area is 184 Å². The first kappa shape index (κ1) is 21.0. The van der Waals surface area contributed by atoms with Gasteiger partial charge in [0.2, 0.25) is 0 Å². The van der Waals surface area contributed by atoms with E-state index < -0.39 is 28.9 Å². The highest BCUT2D eigenvalue weighted by atomic mass is 32.1. The molecule has 31 heavy (non-hydrogen) atoms. The normalized spacial score (nSPS) is 16.3. The van der Waals surface area contributed by atoms with Crippen LogP contribution in [0, 0.1) is 6.57 Å². The second-order valence-electron chi connectivity index (χ2n) is 7.33. The fraction of sp³-hybridized carbons (Fsp3) is 0.200. The standard InChI is InChI=1S/C20H14F3N5OS2/c1-19(2)16(29)27(10-4-6-13(25-3)12(8-10)20(21,22)23)18(30)28(19)11-5-7-15-14(9-11)26-17(24)31-15/h4-9H,1-2H3,(H2,24,26). The quantitative estimate of drug-likeness (QED) is 0.411. The first-order valence-electron chi connectivity index (χ1n) is 8.88. The minimum atomic E-state index is -4.74. The molecule has 11 heteroatoms. The predicted molar refractivity (Wildman–Crippen MR) is 118 cm³/mol. The number of benzene rings is 2. The van der Waals surface area contributed by atoms with Crippen LogP contribution < -0.4 is 15.5 Å². The SMILES string of the molecule is [C-]#[N+]c1ccc(N2C(=O)C(C)(C)N(c3ccc4sc(N)nc4c3)C2=S)cc1C(F)(F)F. The molecule has 2 aromatic carbocycles. The Morgan fingerprint density at radius 3 is 2.52 bits per heavy atom. The van der Waals surface area contributed by atoms with Crippen molar-refractivity contribution in [3.05, 3.63) is 53.4 Å². The Kier molecular flexibility index (Phi) is 4.68. The van der Waals surface area contributed by atoms with Crippen LogP contribution in [0.15, 0.2) is 36.4 Å². The van der Waals surface area contributed by atoms with Gasteiger partial charge in [0, 0.05) is 11.4 Å². The zero-order valence-electron chi connectivity index (χ0n) is 16.2. The Balaban J connectivity index is 1.82. The third-order valence-corrected chi connectivity index (χ3v) is 6.21. The molecule has 0 saturated carbocycles. The molecule has 0 bridgehead atoms. The molecule has 3 aromatic rings. The van der Waals surface area contributed by atoms with Gasteiger partial charge in [-0.1, -0.05) is 17.4 Å². The van der Waals surface area contributed by atoms with Crippen LogP contribution in [0.2, 0.25) is 0 Å². The number of alkyl halides is 3. The van der Waals surface area contributed by atoms with E-state index in [2.05, 4.69) is 9.83 Å². The molecule has 1 aliphatic rings. The average molecular weight is 461 g/mol. The molecule has 1 fully saturated rings. The third-order valence-electron chi connectivity index (χ3n) is 4.98. The van der Waals surface area contributed by atoms with Gasteiger partial charge in [0.05, 0.1) is 22.4 Å². The van der Waals surface area contributed by atoms with Gasteiger partial charge in [-0.2, -0.15) is 13.2 Å². The lowest BCUT2D eigenvalue weighted by Gasteiger charge is -2.29. The van der Waals surface area contributed by atoms with Crippen molar-refractivity contribution >= 4 is 67.0 Å². The highest BCUT2D eigenvalue weighted by Gasteiger charge is 2.50. The number of hydrogen-bond donors (Lipinski definition) is 1. The molecule has 0 radical (unpaired) electrons. The van der Waals surface area contributed by atoms with E-state index in [1.165, 1.54) is 17.4 Å². The summed E-state index contributed by atoms with van der Waals surface area (Å²) in [6.07, 6.45) is -4.74. The highest BCUT2D eigenvalue weighted by molar-refractivity contribution is 7.81. The molecule has 0 atom stereocenters. The number of nitrogens with two attached hydrogens (primary N) is 1. The van der Waals surface area contributed by atoms with Gasteiger partial charge in [0.15, 0.2) is 15.9 Å². The van der Waals surface area contributed by atoms with E-state index in [1.54, 1.807) is 36.9 Å². The van der Waals surface area contributed by atoms with Crippen LogP contribution in [0.3, 0.4) is 0 Å². The van der Waals surface area contributed by atoms with Gasteiger partial charge in [-0.3, -0.25) is 9.69 Å². The van der Waals surface area contributed by atoms with E-state index in [0.29, 0.717) is 16.3 Å². The van der Waals surface area contributed by atoms with Crippen molar-refractivity contribution in [3.8, 4) is 0 Å². The summed E-state index contributed by atoms with van der Waals surface area (Å²) < 4.78 is 41.2. The largest absolute Gasteiger partial charge is 0.407 e. The Morgan fingerprint density at radius 2 is 1.87 bits per heavy atom. The number of anilines is 3. The highest BCUT2D eigenvalue weighted by Crippen LogP contribution is 2.42. The lowest BCUT2D eigenvalue weighted by atomic mass is 10.0. The van der Waals surface area contributed by atoms with Crippen molar-refractivity contribution in [3.63, 3.8) is 0 Å². The minimum absolute atomic E-state index is 0.0289. The van der Waals surface area contributed by atoms with Crippen LogP contribution in [0.5, 0.6) is 0 Å². The first-order chi connectivity index (χ1) is 14.4. The van der Waals surface area contributed by atoms with E-state index in [9.17, 15) is 18.0 Å². The Hall–Kier alpha value is -3.23. The number of carbonyl (C=O) groups excluding carboxylic acids is 1. The molecule has 1 aromatic heterocycles. The van der Waals surface area contributed by atoms with E-state index in [0.717, 1.165) is 21.7 Å². The van der Waals surface area contributed by atoms with Crippen LogP contribution in [0.4, 0.5) is 35.4 Å². The van der Waals surface area contributed by atoms with E-state index in [1.807, 2.05) is 0 Å². The van der Waals surface area contributed by atoms with Crippen LogP contribution in [-0.2, 0) is 11.0 Å². The smallest absolute Gasteiger partial charge is 0.375 e. The molecule has 4 rings (SSSR count). The zero-order valence-corrected chi connectivity index (χ0v) is 17.8. The number of aromatic nitrogens is 1. The van der Waals surface area contributed by atoms with E-state index in [4.69, 9.17) is 24.5 Å². The summed E-state index contributed by atoms with van der Waals surface area (Å²) in [5.74, 6) is -0.487. The second-order valence-corrected chi connectivity index (χ2v) is 8.76. The lowest BCUT2D eigenvalue weighted by Crippen LogP contribution is -2.44. The first-order valence-corrected chi connectivity index (χ1v) is 10.1. The van der Waals surface area contributed by atoms with Crippen LogP contribution in [0.1, 0.15) is 19.4 Å². The molecule has 0 aliphatic carbocycles. The maximum Gasteiger partial charge on any atom is 0.407 e. The molecule has 158 valence electrons. The molecule has 0 spiro atoms. The number of hydrogen-bond acceptors (Lipinski definition) is 5. The maximum absolute atomic E-state index is 13.4. The predicted octanol–water partition coefficient (Wildman–Crippen LogP) is 5.36. The number of nitrogen functional groups attached to an aromatic ring is 1. The number of halogens is 3. The molecule has 1 amide bonds. The van der Waals surface area contributed by atoms with Gasteiger partial charge < -0.3 is 10.6 Å². The summed E-state index contributed by atoms with van der Waals surface area (Å²) >= 11 is 6.84. The Bertz CT molecular complexity index is 1290. The maximum atomic E-state index is 13.4. The molecule has 2 N–H and O–H groups in total. The number of carbonyl (C=O) groups is 1. The molecule has 0 unspecified atom stereocenters. The zero-order chi connectivity index (χ0) is 22.7. The van der Waals surface area contributed by atoms with Gasteiger partial charge in [-0.15, -0.1) is 0 Å². The third kappa shape index (κ3) is 3.28.